The highest BCUT2D eigenvalue weighted by Gasteiger charge is 2.34. The Morgan fingerprint density at radius 2 is 2.18 bits per heavy atom. The molecule has 1 fully saturated rings. The van der Waals surface area contributed by atoms with Gasteiger partial charge in [0.05, 0.1) is 12.5 Å². The van der Waals surface area contributed by atoms with Gasteiger partial charge in [0.15, 0.2) is 0 Å². The molecule has 0 saturated carbocycles. The third kappa shape index (κ3) is 3.31. The molecule has 0 spiro atoms. The van der Waals surface area contributed by atoms with Crippen LogP contribution in [0, 0.1) is 11.3 Å². The quantitative estimate of drug-likeness (QED) is 0.680. The van der Waals surface area contributed by atoms with E-state index >= 15 is 0 Å². The molecule has 1 aliphatic rings. The summed E-state index contributed by atoms with van der Waals surface area (Å²) in [6, 6.07) is 2.33. The van der Waals surface area contributed by atoms with Gasteiger partial charge in [-0.15, -0.1) is 0 Å². The van der Waals surface area contributed by atoms with Gasteiger partial charge in [0.25, 0.3) is 0 Å². The summed E-state index contributed by atoms with van der Waals surface area (Å²) in [6.07, 6.45) is 1.80. The zero-order chi connectivity index (χ0) is 13.1. The summed E-state index contributed by atoms with van der Waals surface area (Å²) in [5.41, 5.74) is 0.0326. The fraction of sp³-hybridized carbons (Fsp3) is 0.692. The van der Waals surface area contributed by atoms with Crippen LogP contribution in [0.25, 0.3) is 0 Å². The number of nitrogens with zero attached hydrogens (tertiary/aromatic N) is 3. The van der Waals surface area contributed by atoms with Crippen LogP contribution in [0.5, 0.6) is 0 Å². The van der Waals surface area contributed by atoms with Crippen molar-refractivity contribution in [2.45, 2.75) is 38.8 Å². The number of nitriles is 1. The van der Waals surface area contributed by atoms with Gasteiger partial charge < -0.3 is 4.90 Å². The number of hydrogen-bond acceptors (Lipinski definition) is 3. The monoisotopic (exact) mass is 235 g/mol. The van der Waals surface area contributed by atoms with Crippen LogP contribution >= 0.6 is 0 Å². The molecule has 0 aromatic heterocycles. The fourth-order valence-electron chi connectivity index (χ4n) is 2.35. The molecule has 1 rings (SSSR count). The summed E-state index contributed by atoms with van der Waals surface area (Å²) >= 11 is 0. The molecule has 0 N–H and O–H groups in total. The molecule has 0 bridgehead atoms. The topological polar surface area (TPSA) is 47.3 Å². The second-order valence-electron chi connectivity index (χ2n) is 5.37. The van der Waals surface area contributed by atoms with Crippen molar-refractivity contribution < 1.29 is 4.79 Å². The van der Waals surface area contributed by atoms with Crippen LogP contribution in [0.15, 0.2) is 12.7 Å². The molecule has 1 atom stereocenters. The minimum Gasteiger partial charge on any atom is -0.336 e. The summed E-state index contributed by atoms with van der Waals surface area (Å²) in [6.45, 7) is 12.1. The second-order valence-corrected chi connectivity index (χ2v) is 5.37. The van der Waals surface area contributed by atoms with E-state index in [0.717, 1.165) is 6.54 Å². The molecule has 1 heterocycles. The van der Waals surface area contributed by atoms with Gasteiger partial charge >= 0.3 is 0 Å². The van der Waals surface area contributed by atoms with Crippen LogP contribution in [0.1, 0.15) is 27.2 Å². The van der Waals surface area contributed by atoms with Crippen LogP contribution < -0.4 is 0 Å². The predicted molar refractivity (Wildman–Crippen MR) is 67.3 cm³/mol. The zero-order valence-corrected chi connectivity index (χ0v) is 10.9. The minimum atomic E-state index is -0.0403. The summed E-state index contributed by atoms with van der Waals surface area (Å²) in [4.78, 5) is 15.7. The van der Waals surface area contributed by atoms with Crippen LogP contribution in [-0.2, 0) is 4.79 Å². The Balaban J connectivity index is 2.78. The summed E-state index contributed by atoms with van der Waals surface area (Å²) in [5.74, 6) is -0.0403. The van der Waals surface area contributed by atoms with E-state index in [2.05, 4.69) is 38.3 Å². The Kier molecular flexibility index (Phi) is 4.30. The van der Waals surface area contributed by atoms with E-state index in [-0.39, 0.29) is 17.5 Å². The van der Waals surface area contributed by atoms with Crippen LogP contribution in [0.3, 0.4) is 0 Å². The first-order valence-electron chi connectivity index (χ1n) is 5.95. The first-order valence-corrected chi connectivity index (χ1v) is 5.95. The number of carbonyl (C=O) groups is 1. The third-order valence-electron chi connectivity index (χ3n) is 3.16. The maximum absolute atomic E-state index is 11.6. The van der Waals surface area contributed by atoms with Gasteiger partial charge in [0, 0.05) is 31.2 Å². The lowest BCUT2D eigenvalue weighted by atomic mass is 9.98. The maximum Gasteiger partial charge on any atom is 0.246 e. The van der Waals surface area contributed by atoms with Crippen molar-refractivity contribution >= 4 is 5.91 Å². The van der Waals surface area contributed by atoms with Crippen molar-refractivity contribution in [1.29, 1.82) is 5.26 Å². The Bertz CT molecular complexity index is 338. The lowest BCUT2D eigenvalue weighted by Gasteiger charge is -2.47. The highest BCUT2D eigenvalue weighted by atomic mass is 16.2. The van der Waals surface area contributed by atoms with E-state index in [4.69, 9.17) is 5.26 Å². The molecule has 0 aromatic rings. The molecule has 0 radical (unpaired) electrons. The van der Waals surface area contributed by atoms with Gasteiger partial charge in [-0.1, -0.05) is 6.58 Å². The number of hydrogen-bond donors (Lipinski definition) is 0. The highest BCUT2D eigenvalue weighted by Crippen LogP contribution is 2.22. The summed E-state index contributed by atoms with van der Waals surface area (Å²) in [5, 5.41) is 8.88. The average molecular weight is 235 g/mol. The van der Waals surface area contributed by atoms with Crippen molar-refractivity contribution in [3.8, 4) is 6.07 Å². The Morgan fingerprint density at radius 3 is 2.65 bits per heavy atom. The van der Waals surface area contributed by atoms with E-state index in [1.807, 2.05) is 0 Å². The molecule has 0 aliphatic carbocycles. The SMILES string of the molecule is C=CC(=O)N1CCN(C(C)(C)C)C(CC#N)C1. The average Bonchev–Trinajstić information content (AvgIpc) is 2.27. The van der Waals surface area contributed by atoms with Gasteiger partial charge in [-0.3, -0.25) is 9.69 Å². The fourth-order valence-corrected chi connectivity index (χ4v) is 2.35. The highest BCUT2D eigenvalue weighted by molar-refractivity contribution is 5.87. The van der Waals surface area contributed by atoms with E-state index in [0.29, 0.717) is 19.5 Å². The maximum atomic E-state index is 11.6. The predicted octanol–water partition coefficient (Wildman–Crippen LogP) is 1.40. The van der Waals surface area contributed by atoms with Gasteiger partial charge in [0.1, 0.15) is 0 Å². The van der Waals surface area contributed by atoms with Gasteiger partial charge in [-0.2, -0.15) is 5.26 Å². The van der Waals surface area contributed by atoms with Crippen LogP contribution in [0.4, 0.5) is 0 Å². The smallest absolute Gasteiger partial charge is 0.246 e. The largest absolute Gasteiger partial charge is 0.336 e. The number of rotatable bonds is 2. The van der Waals surface area contributed by atoms with Crippen molar-refractivity contribution in [3.05, 3.63) is 12.7 Å². The molecule has 1 aliphatic heterocycles. The standard InChI is InChI=1S/C13H21N3O/c1-5-12(17)15-8-9-16(13(2,3)4)11(10-15)6-7-14/h5,11H,1,6,8-10H2,2-4H3. The van der Waals surface area contributed by atoms with Crippen molar-refractivity contribution in [2.24, 2.45) is 0 Å². The minimum absolute atomic E-state index is 0.0326. The first kappa shape index (κ1) is 13.7. The molecule has 4 heteroatoms. The third-order valence-corrected chi connectivity index (χ3v) is 3.16. The Hall–Kier alpha value is -1.34. The van der Waals surface area contributed by atoms with Crippen molar-refractivity contribution in [2.75, 3.05) is 19.6 Å². The second kappa shape index (κ2) is 5.33. The van der Waals surface area contributed by atoms with Gasteiger partial charge in [0.2, 0.25) is 5.91 Å². The molecular formula is C13H21N3O. The molecule has 1 unspecified atom stereocenters. The van der Waals surface area contributed by atoms with Crippen LogP contribution in [0.2, 0.25) is 0 Å². The molecule has 1 saturated heterocycles. The van der Waals surface area contributed by atoms with E-state index in [1.54, 1.807) is 4.90 Å². The van der Waals surface area contributed by atoms with E-state index in [1.165, 1.54) is 6.08 Å². The number of carbonyl (C=O) groups excluding carboxylic acids is 1. The van der Waals surface area contributed by atoms with Crippen molar-refractivity contribution in [1.82, 2.24) is 9.80 Å². The molecular weight excluding hydrogens is 214 g/mol. The molecule has 94 valence electrons. The Labute approximate surface area is 103 Å². The van der Waals surface area contributed by atoms with Crippen LogP contribution in [-0.4, -0.2) is 46.9 Å². The molecule has 0 aromatic carbocycles. The lowest BCUT2D eigenvalue weighted by Crippen LogP contribution is -2.59. The summed E-state index contributed by atoms with van der Waals surface area (Å²) in [7, 11) is 0. The summed E-state index contributed by atoms with van der Waals surface area (Å²) < 4.78 is 0. The molecule has 4 nitrogen and oxygen atoms in total. The number of piperazine rings is 1. The van der Waals surface area contributed by atoms with E-state index < -0.39 is 0 Å². The van der Waals surface area contributed by atoms with Crippen molar-refractivity contribution in [3.63, 3.8) is 0 Å². The van der Waals surface area contributed by atoms with Gasteiger partial charge in [-0.25, -0.2) is 0 Å². The number of amides is 1. The zero-order valence-electron chi connectivity index (χ0n) is 10.9. The normalized spacial score (nSPS) is 22.0. The molecule has 17 heavy (non-hydrogen) atoms. The first-order chi connectivity index (χ1) is 7.90. The van der Waals surface area contributed by atoms with Gasteiger partial charge in [-0.05, 0) is 26.8 Å². The Morgan fingerprint density at radius 1 is 1.53 bits per heavy atom. The molecule has 1 amide bonds. The van der Waals surface area contributed by atoms with E-state index in [9.17, 15) is 4.79 Å². The lowest BCUT2D eigenvalue weighted by molar-refractivity contribution is -0.130.